The van der Waals surface area contributed by atoms with E-state index < -0.39 is 5.97 Å². The lowest BCUT2D eigenvalue weighted by atomic mass is 10.0. The van der Waals surface area contributed by atoms with Gasteiger partial charge in [-0.15, -0.1) is 0 Å². The standard InChI is InChI=1S/C19H23NO4/c1-3-14-7-5-8-15(4-2)19(14)20-17(21)13-24-18(22)11-10-16-9-6-12-23-16/h5-9,12H,3-4,10-11,13H2,1-2H3,(H,20,21). The van der Waals surface area contributed by atoms with Crippen LogP contribution < -0.4 is 5.32 Å². The molecule has 0 spiro atoms. The molecule has 5 heteroatoms. The minimum atomic E-state index is -0.416. The molecular formula is C19H23NO4. The maximum absolute atomic E-state index is 12.1. The van der Waals surface area contributed by atoms with Crippen molar-refractivity contribution in [2.75, 3.05) is 11.9 Å². The molecule has 0 saturated carbocycles. The van der Waals surface area contributed by atoms with Crippen molar-refractivity contribution in [3.8, 4) is 0 Å². The molecule has 0 saturated heterocycles. The smallest absolute Gasteiger partial charge is 0.306 e. The van der Waals surface area contributed by atoms with Crippen LogP contribution in [-0.4, -0.2) is 18.5 Å². The van der Waals surface area contributed by atoms with Gasteiger partial charge in [0.2, 0.25) is 0 Å². The van der Waals surface area contributed by atoms with E-state index in [1.54, 1.807) is 18.4 Å². The van der Waals surface area contributed by atoms with Crippen LogP contribution in [0.2, 0.25) is 0 Å². The number of anilines is 1. The maximum Gasteiger partial charge on any atom is 0.306 e. The number of ether oxygens (including phenoxy) is 1. The largest absolute Gasteiger partial charge is 0.469 e. The minimum absolute atomic E-state index is 0.187. The highest BCUT2D eigenvalue weighted by Crippen LogP contribution is 2.22. The van der Waals surface area contributed by atoms with Crippen LogP contribution in [0, 0.1) is 0 Å². The van der Waals surface area contributed by atoms with Gasteiger partial charge in [-0.05, 0) is 36.1 Å². The molecule has 128 valence electrons. The highest BCUT2D eigenvalue weighted by atomic mass is 16.5. The Morgan fingerprint density at radius 2 is 1.79 bits per heavy atom. The summed E-state index contributed by atoms with van der Waals surface area (Å²) in [6.07, 6.45) is 3.86. The average Bonchev–Trinajstić information content (AvgIpc) is 3.11. The Kier molecular flexibility index (Phi) is 6.61. The minimum Gasteiger partial charge on any atom is -0.469 e. The quantitative estimate of drug-likeness (QED) is 0.752. The first-order valence-corrected chi connectivity index (χ1v) is 8.22. The van der Waals surface area contributed by atoms with E-state index in [4.69, 9.17) is 9.15 Å². The number of esters is 1. The van der Waals surface area contributed by atoms with E-state index in [9.17, 15) is 9.59 Å². The third-order valence-corrected chi connectivity index (χ3v) is 3.78. The molecule has 0 unspecified atom stereocenters. The summed E-state index contributed by atoms with van der Waals surface area (Å²) < 4.78 is 10.2. The van der Waals surface area contributed by atoms with Crippen molar-refractivity contribution >= 4 is 17.6 Å². The van der Waals surface area contributed by atoms with Gasteiger partial charge in [0, 0.05) is 12.1 Å². The first-order valence-electron chi connectivity index (χ1n) is 8.22. The van der Waals surface area contributed by atoms with Gasteiger partial charge >= 0.3 is 5.97 Å². The Bertz CT molecular complexity index is 654. The zero-order chi connectivity index (χ0) is 17.4. The third kappa shape index (κ3) is 4.98. The van der Waals surface area contributed by atoms with E-state index in [-0.39, 0.29) is 18.9 Å². The summed E-state index contributed by atoms with van der Waals surface area (Å²) in [5.74, 6) is -0.0150. The molecule has 1 heterocycles. The van der Waals surface area contributed by atoms with E-state index in [0.29, 0.717) is 6.42 Å². The lowest BCUT2D eigenvalue weighted by Crippen LogP contribution is -2.22. The zero-order valence-electron chi connectivity index (χ0n) is 14.1. The topological polar surface area (TPSA) is 68.5 Å². The van der Waals surface area contributed by atoms with Crippen LogP contribution in [0.4, 0.5) is 5.69 Å². The average molecular weight is 329 g/mol. The second kappa shape index (κ2) is 8.91. The Hall–Kier alpha value is -2.56. The molecule has 0 fully saturated rings. The molecule has 24 heavy (non-hydrogen) atoms. The molecule has 2 aromatic rings. The number of amides is 1. The summed E-state index contributed by atoms with van der Waals surface area (Å²) in [4.78, 5) is 23.8. The van der Waals surface area contributed by atoms with Gasteiger partial charge in [-0.1, -0.05) is 32.0 Å². The van der Waals surface area contributed by atoms with Crippen molar-refractivity contribution in [3.63, 3.8) is 0 Å². The lowest BCUT2D eigenvalue weighted by Gasteiger charge is -2.14. The van der Waals surface area contributed by atoms with E-state index in [2.05, 4.69) is 5.32 Å². The number of hydrogen-bond acceptors (Lipinski definition) is 4. The molecular weight excluding hydrogens is 306 g/mol. The molecule has 0 aliphatic heterocycles. The molecule has 1 amide bonds. The maximum atomic E-state index is 12.1. The van der Waals surface area contributed by atoms with Gasteiger partial charge in [0.1, 0.15) is 5.76 Å². The van der Waals surface area contributed by atoms with Gasteiger partial charge in [-0.3, -0.25) is 9.59 Å². The van der Waals surface area contributed by atoms with E-state index in [0.717, 1.165) is 35.4 Å². The van der Waals surface area contributed by atoms with Gasteiger partial charge in [0.15, 0.2) is 6.61 Å². The van der Waals surface area contributed by atoms with Crippen LogP contribution in [0.5, 0.6) is 0 Å². The van der Waals surface area contributed by atoms with Gasteiger partial charge in [0.25, 0.3) is 5.91 Å². The monoisotopic (exact) mass is 329 g/mol. The van der Waals surface area contributed by atoms with Crippen LogP contribution in [0.1, 0.15) is 37.2 Å². The predicted octanol–water partition coefficient (Wildman–Crippen LogP) is 3.52. The second-order valence-corrected chi connectivity index (χ2v) is 5.45. The Morgan fingerprint density at radius 3 is 2.38 bits per heavy atom. The van der Waals surface area contributed by atoms with E-state index in [1.165, 1.54) is 0 Å². The number of hydrogen-bond donors (Lipinski definition) is 1. The fourth-order valence-corrected chi connectivity index (χ4v) is 2.48. The van der Waals surface area contributed by atoms with Crippen molar-refractivity contribution < 1.29 is 18.7 Å². The fourth-order valence-electron chi connectivity index (χ4n) is 2.48. The molecule has 1 aromatic heterocycles. The summed E-state index contributed by atoms with van der Waals surface area (Å²) >= 11 is 0. The number of carbonyl (C=O) groups is 2. The van der Waals surface area contributed by atoms with Crippen molar-refractivity contribution in [3.05, 3.63) is 53.5 Å². The van der Waals surface area contributed by atoms with Crippen LogP contribution in [0.25, 0.3) is 0 Å². The summed E-state index contributed by atoms with van der Waals surface area (Å²) in [5.41, 5.74) is 2.98. The van der Waals surface area contributed by atoms with Gasteiger partial charge < -0.3 is 14.5 Å². The van der Waals surface area contributed by atoms with Crippen molar-refractivity contribution in [1.29, 1.82) is 0 Å². The van der Waals surface area contributed by atoms with Gasteiger partial charge in [-0.2, -0.15) is 0 Å². The Labute approximate surface area is 142 Å². The van der Waals surface area contributed by atoms with E-state index in [1.807, 2.05) is 32.0 Å². The van der Waals surface area contributed by atoms with Gasteiger partial charge in [0.05, 0.1) is 12.7 Å². The number of furan rings is 1. The number of nitrogens with one attached hydrogen (secondary N) is 1. The predicted molar refractivity (Wildman–Crippen MR) is 91.8 cm³/mol. The number of aryl methyl sites for hydroxylation is 3. The molecule has 0 aliphatic rings. The third-order valence-electron chi connectivity index (χ3n) is 3.78. The molecule has 0 radical (unpaired) electrons. The first-order chi connectivity index (χ1) is 11.6. The van der Waals surface area contributed by atoms with Crippen LogP contribution in [0.15, 0.2) is 41.0 Å². The fraction of sp³-hybridized carbons (Fsp3) is 0.368. The van der Waals surface area contributed by atoms with Gasteiger partial charge in [-0.25, -0.2) is 0 Å². The first kappa shape index (κ1) is 17.8. The Balaban J connectivity index is 1.84. The van der Waals surface area contributed by atoms with Crippen molar-refractivity contribution in [2.24, 2.45) is 0 Å². The number of para-hydroxylation sites is 1. The van der Waals surface area contributed by atoms with Crippen LogP contribution in [0.3, 0.4) is 0 Å². The molecule has 0 atom stereocenters. The molecule has 2 rings (SSSR count). The number of rotatable bonds is 8. The summed E-state index contributed by atoms with van der Waals surface area (Å²) in [6, 6.07) is 9.54. The van der Waals surface area contributed by atoms with Crippen LogP contribution >= 0.6 is 0 Å². The normalized spacial score (nSPS) is 10.4. The van der Waals surface area contributed by atoms with Crippen LogP contribution in [-0.2, 0) is 33.6 Å². The molecule has 1 N–H and O–H groups in total. The van der Waals surface area contributed by atoms with Crippen molar-refractivity contribution in [2.45, 2.75) is 39.5 Å². The van der Waals surface area contributed by atoms with E-state index >= 15 is 0 Å². The summed E-state index contributed by atoms with van der Waals surface area (Å²) in [7, 11) is 0. The molecule has 5 nitrogen and oxygen atoms in total. The van der Waals surface area contributed by atoms with Crippen molar-refractivity contribution in [1.82, 2.24) is 0 Å². The molecule has 0 bridgehead atoms. The SMILES string of the molecule is CCc1cccc(CC)c1NC(=O)COC(=O)CCc1ccco1. The lowest BCUT2D eigenvalue weighted by molar-refractivity contribution is -0.147. The zero-order valence-corrected chi connectivity index (χ0v) is 14.1. The highest BCUT2D eigenvalue weighted by Gasteiger charge is 2.12. The summed E-state index contributed by atoms with van der Waals surface area (Å²) in [6.45, 7) is 3.80. The Morgan fingerprint density at radius 1 is 1.08 bits per heavy atom. The second-order valence-electron chi connectivity index (χ2n) is 5.45. The number of carbonyl (C=O) groups excluding carboxylic acids is 2. The molecule has 1 aromatic carbocycles. The molecule has 0 aliphatic carbocycles. The highest BCUT2D eigenvalue weighted by molar-refractivity contribution is 5.94. The summed E-state index contributed by atoms with van der Waals surface area (Å²) in [5, 5.41) is 2.87. The number of benzene rings is 1.